The third-order valence-electron chi connectivity index (χ3n) is 2.01. The Morgan fingerprint density at radius 2 is 1.56 bits per heavy atom. The molecule has 9 heavy (non-hydrogen) atoms. The molecule has 0 aromatic heterocycles. The topological polar surface area (TPSA) is 0 Å². The summed E-state index contributed by atoms with van der Waals surface area (Å²) in [5, 5.41) is 0. The maximum Gasteiger partial charge on any atom is 0 e. The molecule has 0 unspecified atom stereocenters. The first-order chi connectivity index (χ1) is 4.47. The summed E-state index contributed by atoms with van der Waals surface area (Å²) in [6.45, 7) is 0. The van der Waals surface area contributed by atoms with E-state index < -0.39 is 0 Å². The minimum absolute atomic E-state index is 0. The number of aryl methyl sites for hydroxylation is 2. The number of benzene rings is 1. The lowest BCUT2D eigenvalue weighted by Crippen LogP contribution is -1.77. The zero-order chi connectivity index (χ0) is 6.10. The van der Waals surface area contributed by atoms with Crippen LogP contribution in [-0.4, -0.2) is 0 Å². The summed E-state index contributed by atoms with van der Waals surface area (Å²) in [5.41, 5.74) is 3.13. The Morgan fingerprint density at radius 3 is 2.11 bits per heavy atom. The van der Waals surface area contributed by atoms with Crippen LogP contribution in [-0.2, 0) is 12.8 Å². The number of hydrogen-bond donors (Lipinski definition) is 0. The van der Waals surface area contributed by atoms with Gasteiger partial charge in [0.05, 0.1) is 0 Å². The van der Waals surface area contributed by atoms with Gasteiger partial charge in [0.25, 0.3) is 0 Å². The van der Waals surface area contributed by atoms with Gasteiger partial charge in [-0.2, -0.15) is 0 Å². The summed E-state index contributed by atoms with van der Waals surface area (Å²) in [6.07, 6.45) is 3.96. The Labute approximate surface area is 58.5 Å². The van der Waals surface area contributed by atoms with E-state index in [-0.39, 0.29) is 2.85 Å². The lowest BCUT2D eigenvalue weighted by atomic mass is 10.1. The second-order valence-corrected chi connectivity index (χ2v) is 2.62. The van der Waals surface area contributed by atoms with Crippen LogP contribution in [0.4, 0.5) is 0 Å². The average molecular weight is 122 g/mol. The molecule has 1 aliphatic carbocycles. The summed E-state index contributed by atoms with van der Waals surface area (Å²) in [4.78, 5) is 0. The van der Waals surface area contributed by atoms with Gasteiger partial charge in [-0.3, -0.25) is 0 Å². The van der Waals surface area contributed by atoms with Gasteiger partial charge in [0.2, 0.25) is 0 Å². The van der Waals surface area contributed by atoms with Crippen molar-refractivity contribution in [1.82, 2.24) is 0 Å². The standard InChI is InChI=1S/C9H10.2H2/c1-2-5-9-7-3-6-8(9)4-1;;/h1-2,4-5H,3,6-7H2;2*1H. The lowest BCUT2D eigenvalue weighted by molar-refractivity contribution is 0.912. The Hall–Kier alpha value is -0.780. The molecule has 50 valence electrons. The highest BCUT2D eigenvalue weighted by molar-refractivity contribution is 5.30. The first kappa shape index (κ1) is 5.04. The Bertz CT molecular complexity index is 198. The molecule has 0 saturated carbocycles. The van der Waals surface area contributed by atoms with E-state index in [1.165, 1.54) is 19.3 Å². The molecule has 2 rings (SSSR count). The number of rotatable bonds is 0. The first-order valence-corrected chi connectivity index (χ1v) is 3.53. The van der Waals surface area contributed by atoms with Gasteiger partial charge < -0.3 is 0 Å². The zero-order valence-corrected chi connectivity index (χ0v) is 5.43. The number of fused-ring (bicyclic) bond motifs is 1. The second kappa shape index (κ2) is 1.87. The summed E-state index contributed by atoms with van der Waals surface area (Å²) in [6, 6.07) is 8.74. The molecular weight excluding hydrogens is 108 g/mol. The predicted octanol–water partition coefficient (Wildman–Crippen LogP) is 2.67. The molecule has 0 nitrogen and oxygen atoms in total. The predicted molar refractivity (Wildman–Crippen MR) is 42.7 cm³/mol. The fourth-order valence-electron chi connectivity index (χ4n) is 1.51. The zero-order valence-electron chi connectivity index (χ0n) is 5.43. The quantitative estimate of drug-likeness (QED) is 0.496. The summed E-state index contributed by atoms with van der Waals surface area (Å²) < 4.78 is 0. The van der Waals surface area contributed by atoms with E-state index in [1.807, 2.05) is 0 Å². The van der Waals surface area contributed by atoms with Crippen LogP contribution in [0.15, 0.2) is 24.3 Å². The SMILES string of the molecule is [HH].[HH].c1ccc2c(c1)CCC2. The molecule has 1 aliphatic rings. The van der Waals surface area contributed by atoms with Gasteiger partial charge in [0, 0.05) is 2.85 Å². The normalized spacial score (nSPS) is 15.6. The van der Waals surface area contributed by atoms with E-state index in [1.54, 1.807) is 11.1 Å². The third-order valence-corrected chi connectivity index (χ3v) is 2.01. The molecule has 0 heteroatoms. The van der Waals surface area contributed by atoms with Gasteiger partial charge in [0.1, 0.15) is 0 Å². The van der Waals surface area contributed by atoms with Crippen molar-refractivity contribution < 1.29 is 2.85 Å². The van der Waals surface area contributed by atoms with Crippen molar-refractivity contribution in [2.45, 2.75) is 19.3 Å². The van der Waals surface area contributed by atoms with Gasteiger partial charge in [-0.25, -0.2) is 0 Å². The Morgan fingerprint density at radius 1 is 1.00 bits per heavy atom. The van der Waals surface area contributed by atoms with Gasteiger partial charge in [-0.15, -0.1) is 0 Å². The molecular formula is C9H14. The van der Waals surface area contributed by atoms with Crippen LogP contribution in [0, 0.1) is 0 Å². The van der Waals surface area contributed by atoms with Gasteiger partial charge in [-0.05, 0) is 30.4 Å². The van der Waals surface area contributed by atoms with Gasteiger partial charge in [-0.1, -0.05) is 24.3 Å². The molecule has 0 radical (unpaired) electrons. The van der Waals surface area contributed by atoms with Crippen LogP contribution >= 0.6 is 0 Å². The van der Waals surface area contributed by atoms with Gasteiger partial charge in [0.15, 0.2) is 0 Å². The summed E-state index contributed by atoms with van der Waals surface area (Å²) in [7, 11) is 0. The Balaban J connectivity index is 0.000000500. The third kappa shape index (κ3) is 0.748. The van der Waals surface area contributed by atoms with E-state index in [0.717, 1.165) is 0 Å². The molecule has 0 fully saturated rings. The van der Waals surface area contributed by atoms with Crippen molar-refractivity contribution in [2.24, 2.45) is 0 Å². The van der Waals surface area contributed by atoms with Gasteiger partial charge >= 0.3 is 0 Å². The van der Waals surface area contributed by atoms with Crippen molar-refractivity contribution in [3.8, 4) is 0 Å². The van der Waals surface area contributed by atoms with Crippen LogP contribution in [0.5, 0.6) is 0 Å². The highest BCUT2D eigenvalue weighted by atomic mass is 14.1. The fourth-order valence-corrected chi connectivity index (χ4v) is 1.51. The summed E-state index contributed by atoms with van der Waals surface area (Å²) >= 11 is 0. The minimum Gasteiger partial charge on any atom is -0.0620 e. The minimum atomic E-state index is 0. The molecule has 0 aliphatic heterocycles. The van der Waals surface area contributed by atoms with Crippen molar-refractivity contribution in [2.75, 3.05) is 0 Å². The maximum absolute atomic E-state index is 2.24. The highest BCUT2D eigenvalue weighted by Gasteiger charge is 2.07. The van der Waals surface area contributed by atoms with Crippen molar-refractivity contribution in [3.63, 3.8) is 0 Å². The van der Waals surface area contributed by atoms with Crippen LogP contribution in [0.25, 0.3) is 0 Å². The van der Waals surface area contributed by atoms with E-state index in [4.69, 9.17) is 0 Å². The smallest absolute Gasteiger partial charge is 0 e. The summed E-state index contributed by atoms with van der Waals surface area (Å²) in [5.74, 6) is 0. The molecule has 0 spiro atoms. The van der Waals surface area contributed by atoms with Crippen LogP contribution < -0.4 is 0 Å². The fraction of sp³-hybridized carbons (Fsp3) is 0.333. The van der Waals surface area contributed by atoms with Crippen LogP contribution in [0.1, 0.15) is 20.4 Å². The van der Waals surface area contributed by atoms with Crippen LogP contribution in [0.2, 0.25) is 0 Å². The average Bonchev–Trinajstić information content (AvgIpc) is 2.33. The largest absolute Gasteiger partial charge is 0.0620 e. The number of hydrogen-bond acceptors (Lipinski definition) is 0. The Kier molecular flexibility index (Phi) is 1.05. The lowest BCUT2D eigenvalue weighted by Gasteiger charge is -1.93. The molecule has 0 heterocycles. The second-order valence-electron chi connectivity index (χ2n) is 2.62. The highest BCUT2D eigenvalue weighted by Crippen LogP contribution is 2.20. The van der Waals surface area contributed by atoms with Crippen molar-refractivity contribution >= 4 is 0 Å². The van der Waals surface area contributed by atoms with Crippen LogP contribution in [0.3, 0.4) is 0 Å². The molecule has 1 aromatic rings. The van der Waals surface area contributed by atoms with E-state index in [2.05, 4.69) is 24.3 Å². The molecule has 0 bridgehead atoms. The van der Waals surface area contributed by atoms with E-state index in [9.17, 15) is 0 Å². The van der Waals surface area contributed by atoms with Crippen molar-refractivity contribution in [3.05, 3.63) is 35.4 Å². The molecule has 0 N–H and O–H groups in total. The van der Waals surface area contributed by atoms with Crippen molar-refractivity contribution in [1.29, 1.82) is 0 Å². The molecule has 1 aromatic carbocycles. The maximum atomic E-state index is 2.24. The van der Waals surface area contributed by atoms with E-state index in [0.29, 0.717) is 0 Å². The molecule has 0 amide bonds. The monoisotopic (exact) mass is 122 g/mol. The molecule has 0 atom stereocenters. The first-order valence-electron chi connectivity index (χ1n) is 3.53. The molecule has 0 saturated heterocycles. The van der Waals surface area contributed by atoms with E-state index >= 15 is 0 Å².